The van der Waals surface area contributed by atoms with Crippen LogP contribution in [0.3, 0.4) is 0 Å². The molecule has 2 amide bonds. The summed E-state index contributed by atoms with van der Waals surface area (Å²) < 4.78 is 52.9. The summed E-state index contributed by atoms with van der Waals surface area (Å²) in [5.41, 5.74) is 1.56. The van der Waals surface area contributed by atoms with E-state index < -0.39 is 40.2 Å². The average Bonchev–Trinajstić information content (AvgIpc) is 3.29. The van der Waals surface area contributed by atoms with Gasteiger partial charge in [-0.05, 0) is 44.4 Å². The Labute approximate surface area is 205 Å². The monoisotopic (exact) mass is 507 g/mol. The number of sulfonamides is 1. The van der Waals surface area contributed by atoms with Gasteiger partial charge < -0.3 is 10.2 Å². The predicted octanol–water partition coefficient (Wildman–Crippen LogP) is 3.52. The molecule has 190 valence electrons. The molecular weight excluding hydrogens is 476 g/mol. The molecule has 0 radical (unpaired) electrons. The maximum absolute atomic E-state index is 13.8. The van der Waals surface area contributed by atoms with Gasteiger partial charge in [-0.15, -0.1) is 0 Å². The third-order valence-electron chi connectivity index (χ3n) is 6.17. The van der Waals surface area contributed by atoms with Crippen LogP contribution < -0.4 is 9.62 Å². The molecule has 2 aromatic carbocycles. The van der Waals surface area contributed by atoms with E-state index in [0.29, 0.717) is 4.31 Å². The number of carbonyl (C=O) groups is 2. The minimum atomic E-state index is -4.02. The molecule has 10 heteroatoms. The SMILES string of the molecule is Cc1cccc(CN(C(=O)CN(c2ccc(F)c(F)c2)S(C)(=O)=O)C(C)C(=O)NC2CCCC2)c1. The largest absolute Gasteiger partial charge is 0.352 e. The number of aryl methyl sites for hydroxylation is 1. The molecule has 0 bridgehead atoms. The summed E-state index contributed by atoms with van der Waals surface area (Å²) in [4.78, 5) is 27.8. The molecule has 1 atom stereocenters. The van der Waals surface area contributed by atoms with E-state index in [-0.39, 0.29) is 24.2 Å². The van der Waals surface area contributed by atoms with Gasteiger partial charge >= 0.3 is 0 Å². The molecule has 0 saturated heterocycles. The zero-order chi connectivity index (χ0) is 25.8. The van der Waals surface area contributed by atoms with E-state index in [1.165, 1.54) is 4.90 Å². The lowest BCUT2D eigenvalue weighted by atomic mass is 10.1. The number of hydrogen-bond donors (Lipinski definition) is 1. The van der Waals surface area contributed by atoms with Crippen LogP contribution in [0.2, 0.25) is 0 Å². The molecule has 7 nitrogen and oxygen atoms in total. The van der Waals surface area contributed by atoms with Crippen LogP contribution in [0.15, 0.2) is 42.5 Å². The summed E-state index contributed by atoms with van der Waals surface area (Å²) in [7, 11) is -4.02. The average molecular weight is 508 g/mol. The van der Waals surface area contributed by atoms with Gasteiger partial charge in [-0.3, -0.25) is 13.9 Å². The number of carbonyl (C=O) groups excluding carboxylic acids is 2. The number of rotatable bonds is 9. The molecule has 0 spiro atoms. The zero-order valence-electron chi connectivity index (χ0n) is 20.1. The van der Waals surface area contributed by atoms with Crippen molar-refractivity contribution >= 4 is 27.5 Å². The molecule has 1 fully saturated rings. The van der Waals surface area contributed by atoms with Crippen molar-refractivity contribution < 1.29 is 26.8 Å². The number of anilines is 1. The Morgan fingerprint density at radius 1 is 1.09 bits per heavy atom. The van der Waals surface area contributed by atoms with Crippen molar-refractivity contribution in [3.63, 3.8) is 0 Å². The number of nitrogens with one attached hydrogen (secondary N) is 1. The quantitative estimate of drug-likeness (QED) is 0.563. The van der Waals surface area contributed by atoms with Gasteiger partial charge in [-0.1, -0.05) is 42.7 Å². The fraction of sp³-hybridized carbons (Fsp3) is 0.440. The van der Waals surface area contributed by atoms with Gasteiger partial charge in [-0.25, -0.2) is 17.2 Å². The summed E-state index contributed by atoms with van der Waals surface area (Å²) >= 11 is 0. The van der Waals surface area contributed by atoms with Crippen LogP contribution in [-0.2, 0) is 26.2 Å². The first kappa shape index (κ1) is 26.6. The van der Waals surface area contributed by atoms with Crippen LogP contribution in [-0.4, -0.2) is 50.0 Å². The number of halogens is 2. The minimum Gasteiger partial charge on any atom is -0.352 e. The second-order valence-electron chi connectivity index (χ2n) is 9.04. The van der Waals surface area contributed by atoms with Gasteiger partial charge in [0.2, 0.25) is 21.8 Å². The smallest absolute Gasteiger partial charge is 0.244 e. The third-order valence-corrected chi connectivity index (χ3v) is 7.32. The van der Waals surface area contributed by atoms with E-state index >= 15 is 0 Å². The van der Waals surface area contributed by atoms with E-state index in [2.05, 4.69) is 5.32 Å². The van der Waals surface area contributed by atoms with E-state index in [4.69, 9.17) is 0 Å². The van der Waals surface area contributed by atoms with Crippen molar-refractivity contribution in [2.75, 3.05) is 17.1 Å². The van der Waals surface area contributed by atoms with Crippen LogP contribution in [0.5, 0.6) is 0 Å². The lowest BCUT2D eigenvalue weighted by Crippen LogP contribution is -2.52. The van der Waals surface area contributed by atoms with Gasteiger partial charge in [0.15, 0.2) is 11.6 Å². The van der Waals surface area contributed by atoms with Crippen LogP contribution >= 0.6 is 0 Å². The summed E-state index contributed by atoms with van der Waals surface area (Å²) in [6, 6.07) is 9.23. The lowest BCUT2D eigenvalue weighted by Gasteiger charge is -2.32. The first-order valence-corrected chi connectivity index (χ1v) is 13.4. The molecule has 1 unspecified atom stereocenters. The highest BCUT2D eigenvalue weighted by molar-refractivity contribution is 7.92. The van der Waals surface area contributed by atoms with Crippen molar-refractivity contribution in [3.8, 4) is 0 Å². The zero-order valence-corrected chi connectivity index (χ0v) is 20.9. The first-order valence-electron chi connectivity index (χ1n) is 11.5. The molecule has 2 aromatic rings. The maximum Gasteiger partial charge on any atom is 0.244 e. The number of benzene rings is 2. The summed E-state index contributed by atoms with van der Waals surface area (Å²) in [6.45, 7) is 2.91. The Balaban J connectivity index is 1.89. The molecule has 3 rings (SSSR count). The number of hydrogen-bond acceptors (Lipinski definition) is 4. The van der Waals surface area contributed by atoms with Gasteiger partial charge in [0.1, 0.15) is 12.6 Å². The van der Waals surface area contributed by atoms with Crippen LogP contribution in [0.4, 0.5) is 14.5 Å². The minimum absolute atomic E-state index is 0.0515. The van der Waals surface area contributed by atoms with Crippen molar-refractivity contribution in [1.29, 1.82) is 0 Å². The van der Waals surface area contributed by atoms with Gasteiger partial charge in [-0.2, -0.15) is 0 Å². The summed E-state index contributed by atoms with van der Waals surface area (Å²) in [6.07, 6.45) is 4.69. The topological polar surface area (TPSA) is 86.8 Å². The van der Waals surface area contributed by atoms with E-state index in [9.17, 15) is 26.8 Å². The predicted molar refractivity (Wildman–Crippen MR) is 130 cm³/mol. The van der Waals surface area contributed by atoms with Crippen molar-refractivity contribution in [1.82, 2.24) is 10.2 Å². The summed E-state index contributed by atoms with van der Waals surface area (Å²) in [5, 5.41) is 2.98. The molecular formula is C25H31F2N3O4S. The summed E-state index contributed by atoms with van der Waals surface area (Å²) in [5.74, 6) is -3.33. The van der Waals surface area contributed by atoms with Crippen molar-refractivity contribution in [2.45, 2.75) is 58.2 Å². The van der Waals surface area contributed by atoms with Crippen LogP contribution in [0.25, 0.3) is 0 Å². The van der Waals surface area contributed by atoms with E-state index in [1.54, 1.807) is 6.92 Å². The second-order valence-corrected chi connectivity index (χ2v) is 11.0. The van der Waals surface area contributed by atoms with E-state index in [1.807, 2.05) is 31.2 Å². The molecule has 0 aromatic heterocycles. The molecule has 1 saturated carbocycles. The van der Waals surface area contributed by atoms with Gasteiger partial charge in [0, 0.05) is 18.7 Å². The Bertz CT molecular complexity index is 1180. The Kier molecular flexibility index (Phi) is 8.47. The van der Waals surface area contributed by atoms with E-state index in [0.717, 1.165) is 61.3 Å². The molecule has 1 N–H and O–H groups in total. The highest BCUT2D eigenvalue weighted by Crippen LogP contribution is 2.22. The highest BCUT2D eigenvalue weighted by Gasteiger charge is 2.31. The number of amides is 2. The third kappa shape index (κ3) is 7.00. The fourth-order valence-corrected chi connectivity index (χ4v) is 5.08. The first-order chi connectivity index (χ1) is 16.5. The molecule has 1 aliphatic rings. The standard InChI is InChI=1S/C25H31F2N3O4S/c1-17-7-6-8-19(13-17)15-29(18(2)25(32)28-20-9-4-5-10-20)24(31)16-30(35(3,33)34)21-11-12-22(26)23(27)14-21/h6-8,11-14,18,20H,4-5,9-10,15-16H2,1-3H3,(H,28,32). The van der Waals surface area contributed by atoms with Crippen molar-refractivity contribution in [3.05, 3.63) is 65.2 Å². The number of nitrogens with zero attached hydrogens (tertiary/aromatic N) is 2. The molecule has 1 aliphatic carbocycles. The Morgan fingerprint density at radius 3 is 2.37 bits per heavy atom. The highest BCUT2D eigenvalue weighted by atomic mass is 32.2. The van der Waals surface area contributed by atoms with Crippen LogP contribution in [0.1, 0.15) is 43.7 Å². The fourth-order valence-electron chi connectivity index (χ4n) is 4.24. The Hall–Kier alpha value is -3.01. The lowest BCUT2D eigenvalue weighted by molar-refractivity contribution is -0.139. The maximum atomic E-state index is 13.8. The second kappa shape index (κ2) is 11.2. The Morgan fingerprint density at radius 2 is 1.77 bits per heavy atom. The van der Waals surface area contributed by atoms with Crippen LogP contribution in [0, 0.1) is 18.6 Å². The molecule has 0 aliphatic heterocycles. The van der Waals surface area contributed by atoms with Crippen molar-refractivity contribution in [2.24, 2.45) is 0 Å². The molecule has 35 heavy (non-hydrogen) atoms. The molecule has 0 heterocycles. The van der Waals surface area contributed by atoms with Gasteiger partial charge in [0.25, 0.3) is 0 Å². The van der Waals surface area contributed by atoms with Gasteiger partial charge in [0.05, 0.1) is 11.9 Å². The normalized spacial score (nSPS) is 15.0.